The van der Waals surface area contributed by atoms with E-state index in [1.165, 1.54) is 11.8 Å². The van der Waals surface area contributed by atoms with E-state index in [0.717, 1.165) is 51.3 Å². The van der Waals surface area contributed by atoms with E-state index in [0.29, 0.717) is 22.6 Å². The second kappa shape index (κ2) is 12.7. The Hall–Kier alpha value is -3.35. The third kappa shape index (κ3) is 6.91. The Morgan fingerprint density at radius 1 is 1.05 bits per heavy atom. The van der Waals surface area contributed by atoms with E-state index in [4.69, 9.17) is 16.3 Å². The predicted octanol–water partition coefficient (Wildman–Crippen LogP) is 4.62. The number of pyridine rings is 1. The first kappa shape index (κ1) is 31.1. The van der Waals surface area contributed by atoms with Crippen molar-refractivity contribution in [1.29, 1.82) is 0 Å². The molecular formula is C30H36ClF3N6O3. The number of piperidine rings is 1. The number of hydrogen-bond acceptors (Lipinski definition) is 9. The summed E-state index contributed by atoms with van der Waals surface area (Å²) in [4.78, 5) is 35.6. The van der Waals surface area contributed by atoms with Crippen molar-refractivity contribution in [3.05, 3.63) is 67.6 Å². The van der Waals surface area contributed by atoms with Gasteiger partial charge in [0.1, 0.15) is 29.5 Å². The average molecular weight is 621 g/mol. The number of aromatic nitrogens is 1. The molecule has 0 saturated carbocycles. The number of para-hydroxylation sites is 1. The quantitative estimate of drug-likeness (QED) is 0.333. The number of methoxy groups -OCH3 is 1. The summed E-state index contributed by atoms with van der Waals surface area (Å²) in [5, 5.41) is 5.04. The number of likely N-dealkylation sites (tertiary alicyclic amines) is 1. The molecule has 0 bridgehead atoms. The molecule has 2 aliphatic heterocycles. The molecule has 0 unspecified atom stereocenters. The number of nitrogens with zero attached hydrogens (tertiary/aromatic N) is 4. The van der Waals surface area contributed by atoms with Crippen molar-refractivity contribution in [3.8, 4) is 5.75 Å². The number of halogens is 4. The van der Waals surface area contributed by atoms with Crippen LogP contribution in [0.25, 0.3) is 0 Å². The van der Waals surface area contributed by atoms with Crippen LogP contribution in [0.2, 0.25) is 5.02 Å². The van der Waals surface area contributed by atoms with Crippen LogP contribution in [0, 0.1) is 0 Å². The summed E-state index contributed by atoms with van der Waals surface area (Å²) in [7, 11) is 1.71. The highest BCUT2D eigenvalue weighted by molar-refractivity contribution is 6.33. The molecule has 5 rings (SSSR count). The van der Waals surface area contributed by atoms with Crippen molar-refractivity contribution in [2.75, 3.05) is 55.4 Å². The Bertz CT molecular complexity index is 1500. The summed E-state index contributed by atoms with van der Waals surface area (Å²) in [6.07, 6.45) is -0.895. The van der Waals surface area contributed by atoms with Gasteiger partial charge in [-0.25, -0.2) is 4.98 Å². The molecule has 43 heavy (non-hydrogen) atoms. The highest BCUT2D eigenvalue weighted by Gasteiger charge is 2.36. The Kier molecular flexibility index (Phi) is 9.19. The minimum absolute atomic E-state index is 0.137. The molecule has 2 saturated heterocycles. The van der Waals surface area contributed by atoms with Crippen LogP contribution in [0.4, 0.5) is 36.1 Å². The van der Waals surface area contributed by atoms with Gasteiger partial charge in [-0.2, -0.15) is 13.2 Å². The van der Waals surface area contributed by atoms with Crippen molar-refractivity contribution >= 4 is 34.5 Å². The fourth-order valence-electron chi connectivity index (χ4n) is 6.16. The topological polar surface area (TPSA) is 90.0 Å². The van der Waals surface area contributed by atoms with Crippen LogP contribution >= 0.6 is 11.6 Å². The molecule has 0 radical (unpaired) electrons. The van der Waals surface area contributed by atoms with Crippen molar-refractivity contribution in [2.45, 2.75) is 57.5 Å². The zero-order chi connectivity index (χ0) is 30.9. The van der Waals surface area contributed by atoms with E-state index >= 15 is 0 Å². The third-order valence-electron chi connectivity index (χ3n) is 8.39. The normalized spacial score (nSPS) is 20.9. The molecule has 0 aliphatic carbocycles. The molecule has 2 atom stereocenters. The maximum atomic E-state index is 12.6. The zero-order valence-corrected chi connectivity index (χ0v) is 25.1. The summed E-state index contributed by atoms with van der Waals surface area (Å²) in [5.74, 6) is 1.52. The van der Waals surface area contributed by atoms with Crippen LogP contribution in [0.3, 0.4) is 0 Å². The molecule has 3 aromatic rings. The molecule has 1 aromatic heterocycles. The van der Waals surface area contributed by atoms with Gasteiger partial charge in [0.2, 0.25) is 0 Å². The highest BCUT2D eigenvalue weighted by Crippen LogP contribution is 2.33. The Labute approximate surface area is 253 Å². The predicted molar refractivity (Wildman–Crippen MR) is 163 cm³/mol. The number of benzene rings is 1. The van der Waals surface area contributed by atoms with Gasteiger partial charge < -0.3 is 20.3 Å². The summed E-state index contributed by atoms with van der Waals surface area (Å²) in [5.41, 5.74) is -1.02. The molecule has 0 amide bonds. The number of anilines is 4. The Morgan fingerprint density at radius 2 is 1.74 bits per heavy atom. The Balaban J connectivity index is 1.18. The lowest BCUT2D eigenvalue weighted by molar-refractivity contribution is -0.115. The lowest BCUT2D eigenvalue weighted by Crippen LogP contribution is -2.61. The van der Waals surface area contributed by atoms with Gasteiger partial charge in [-0.15, -0.1) is 0 Å². The van der Waals surface area contributed by atoms with E-state index in [-0.39, 0.29) is 17.8 Å². The minimum atomic E-state index is -4.53. The van der Waals surface area contributed by atoms with Gasteiger partial charge in [0.05, 0.1) is 24.0 Å². The summed E-state index contributed by atoms with van der Waals surface area (Å²) >= 11 is 6.63. The number of rotatable bonds is 9. The van der Waals surface area contributed by atoms with Gasteiger partial charge >= 0.3 is 6.18 Å². The van der Waals surface area contributed by atoms with E-state index in [2.05, 4.69) is 44.9 Å². The van der Waals surface area contributed by atoms with Crippen LogP contribution in [0.5, 0.6) is 5.75 Å². The molecule has 232 valence electrons. The van der Waals surface area contributed by atoms with Gasteiger partial charge in [-0.3, -0.25) is 19.4 Å². The molecular weight excluding hydrogens is 585 g/mol. The van der Waals surface area contributed by atoms with Gasteiger partial charge in [0, 0.05) is 43.3 Å². The fourth-order valence-corrected chi connectivity index (χ4v) is 6.44. The van der Waals surface area contributed by atoms with E-state index < -0.39 is 29.3 Å². The zero-order valence-electron chi connectivity index (χ0n) is 24.4. The standard InChI is InChI=1S/C30H36ClF3N6O3/c1-18-15-40(19(2)14-39(18)22-8-10-38(11-9-22)16-20-6-4-5-7-24(20)43-3)29-23(31)12-21(13-35-29)37-26-25(27(41)28(26)42)36-17-30(32,33)34/h4-7,12-13,18-19,22,36-37H,8-11,14-17H2,1-3H3/t18-,19+/m1/s1. The second-order valence-corrected chi connectivity index (χ2v) is 11.8. The van der Waals surface area contributed by atoms with E-state index in [1.807, 2.05) is 23.5 Å². The van der Waals surface area contributed by atoms with Crippen molar-refractivity contribution in [3.63, 3.8) is 0 Å². The van der Waals surface area contributed by atoms with Gasteiger partial charge in [-0.1, -0.05) is 29.8 Å². The minimum Gasteiger partial charge on any atom is -0.496 e. The molecule has 13 heteroatoms. The molecule has 2 aliphatic rings. The summed E-state index contributed by atoms with van der Waals surface area (Å²) in [6, 6.07) is 10.6. The third-order valence-corrected chi connectivity index (χ3v) is 8.66. The lowest BCUT2D eigenvalue weighted by atomic mass is 9.97. The van der Waals surface area contributed by atoms with E-state index in [9.17, 15) is 22.8 Å². The van der Waals surface area contributed by atoms with Gasteiger partial charge in [-0.05, 0) is 51.9 Å². The van der Waals surface area contributed by atoms with Crippen LogP contribution in [0.1, 0.15) is 32.3 Å². The summed E-state index contributed by atoms with van der Waals surface area (Å²) < 4.78 is 43.3. The van der Waals surface area contributed by atoms with Crippen LogP contribution in [-0.4, -0.2) is 78.9 Å². The van der Waals surface area contributed by atoms with Crippen molar-refractivity contribution in [2.24, 2.45) is 0 Å². The number of ether oxygens (including phenoxy) is 1. The average Bonchev–Trinajstić information content (AvgIpc) is 2.98. The van der Waals surface area contributed by atoms with Crippen molar-refractivity contribution in [1.82, 2.24) is 14.8 Å². The van der Waals surface area contributed by atoms with Crippen LogP contribution in [0.15, 0.2) is 46.1 Å². The smallest absolute Gasteiger partial charge is 0.405 e. The van der Waals surface area contributed by atoms with Crippen LogP contribution < -0.4 is 31.1 Å². The monoisotopic (exact) mass is 620 g/mol. The lowest BCUT2D eigenvalue weighted by Gasteiger charge is -2.49. The maximum Gasteiger partial charge on any atom is 0.405 e. The van der Waals surface area contributed by atoms with E-state index in [1.54, 1.807) is 13.2 Å². The molecule has 2 fully saturated rings. The maximum absolute atomic E-state index is 12.6. The summed E-state index contributed by atoms with van der Waals surface area (Å²) in [6.45, 7) is 7.42. The highest BCUT2D eigenvalue weighted by atomic mass is 35.5. The van der Waals surface area contributed by atoms with Crippen LogP contribution in [-0.2, 0) is 6.54 Å². The SMILES string of the molecule is COc1ccccc1CN1CCC(N2C[C@H](C)N(c3ncc(Nc4c(NCC(F)(F)F)c(=O)c4=O)cc3Cl)C[C@H]2C)CC1. The fraction of sp³-hybridized carbons (Fsp3) is 0.500. The number of alkyl halides is 3. The van der Waals surface area contributed by atoms with Gasteiger partial charge in [0.25, 0.3) is 10.9 Å². The first-order chi connectivity index (χ1) is 20.4. The molecule has 9 nitrogen and oxygen atoms in total. The molecule has 2 aromatic carbocycles. The largest absolute Gasteiger partial charge is 0.496 e. The van der Waals surface area contributed by atoms with Crippen molar-refractivity contribution < 1.29 is 17.9 Å². The molecule has 3 heterocycles. The molecule has 0 spiro atoms. The Morgan fingerprint density at radius 3 is 2.42 bits per heavy atom. The first-order valence-corrected chi connectivity index (χ1v) is 14.8. The number of piperazine rings is 1. The number of nitrogens with one attached hydrogen (secondary N) is 2. The molecule has 2 N–H and O–H groups in total. The van der Waals surface area contributed by atoms with Gasteiger partial charge in [0.15, 0.2) is 0 Å². The second-order valence-electron chi connectivity index (χ2n) is 11.4. The first-order valence-electron chi connectivity index (χ1n) is 14.4. The number of hydrogen-bond donors (Lipinski definition) is 2.